The summed E-state index contributed by atoms with van der Waals surface area (Å²) in [4.78, 5) is 18.6. The Morgan fingerprint density at radius 3 is 2.96 bits per heavy atom. The van der Waals surface area contributed by atoms with Crippen LogP contribution in [0.3, 0.4) is 0 Å². The fourth-order valence-electron chi connectivity index (χ4n) is 2.87. The molecule has 0 bridgehead atoms. The summed E-state index contributed by atoms with van der Waals surface area (Å²) in [6.07, 6.45) is 0.720. The Morgan fingerprint density at radius 2 is 2.25 bits per heavy atom. The Labute approximate surface area is 140 Å². The van der Waals surface area contributed by atoms with Gasteiger partial charge in [-0.25, -0.2) is 9.37 Å². The fourth-order valence-corrected chi connectivity index (χ4v) is 2.87. The lowest BCUT2D eigenvalue weighted by atomic mass is 10.1. The Hall–Kier alpha value is -2.21. The second-order valence-electron chi connectivity index (χ2n) is 6.56. The summed E-state index contributed by atoms with van der Waals surface area (Å²) in [5, 5.41) is 2.79. The number of amides is 1. The number of carbonyl (C=O) groups excluding carboxylic acids is 1. The molecule has 0 saturated carbocycles. The number of aryl methyl sites for hydroxylation is 1. The average molecular weight is 331 g/mol. The van der Waals surface area contributed by atoms with Crippen molar-refractivity contribution in [1.29, 1.82) is 0 Å². The van der Waals surface area contributed by atoms with Crippen LogP contribution < -0.4 is 5.32 Å². The van der Waals surface area contributed by atoms with Gasteiger partial charge in [0.2, 0.25) is 0 Å². The molecule has 0 unspecified atom stereocenters. The molecule has 1 amide bonds. The number of hydrogen-bond donors (Lipinski definition) is 1. The third kappa shape index (κ3) is 3.64. The van der Waals surface area contributed by atoms with Gasteiger partial charge in [0.05, 0.1) is 5.69 Å². The fraction of sp³-hybridized carbons (Fsp3) is 0.444. The van der Waals surface area contributed by atoms with E-state index in [0.717, 1.165) is 36.5 Å². The van der Waals surface area contributed by atoms with Gasteiger partial charge in [-0.3, -0.25) is 9.69 Å². The van der Waals surface area contributed by atoms with E-state index in [1.807, 2.05) is 26.0 Å². The van der Waals surface area contributed by atoms with E-state index >= 15 is 0 Å². The average Bonchev–Trinajstić information content (AvgIpc) is 2.94. The van der Waals surface area contributed by atoms with Gasteiger partial charge in [-0.2, -0.15) is 0 Å². The molecular formula is C18H22FN3O2. The number of nitrogens with zero attached hydrogens (tertiary/aromatic N) is 2. The Kier molecular flexibility index (Phi) is 4.66. The summed E-state index contributed by atoms with van der Waals surface area (Å²) < 4.78 is 19.0. The molecule has 0 atom stereocenters. The number of benzene rings is 1. The van der Waals surface area contributed by atoms with E-state index < -0.39 is 0 Å². The predicted molar refractivity (Wildman–Crippen MR) is 88.1 cm³/mol. The quantitative estimate of drug-likeness (QED) is 0.936. The normalized spacial score (nSPS) is 14.7. The minimum absolute atomic E-state index is 0.0413. The zero-order valence-corrected chi connectivity index (χ0v) is 14.2. The second kappa shape index (κ2) is 6.73. The summed E-state index contributed by atoms with van der Waals surface area (Å²) in [6.45, 7) is 7.74. The van der Waals surface area contributed by atoms with E-state index in [0.29, 0.717) is 12.1 Å². The first kappa shape index (κ1) is 16.6. The summed E-state index contributed by atoms with van der Waals surface area (Å²) in [5.74, 6) is 0.459. The third-order valence-electron chi connectivity index (χ3n) is 4.05. The molecule has 5 nitrogen and oxygen atoms in total. The van der Waals surface area contributed by atoms with Gasteiger partial charge in [0.15, 0.2) is 0 Å². The van der Waals surface area contributed by atoms with E-state index in [9.17, 15) is 9.18 Å². The van der Waals surface area contributed by atoms with Gasteiger partial charge in [0.1, 0.15) is 11.6 Å². The summed E-state index contributed by atoms with van der Waals surface area (Å²) in [7, 11) is 0. The van der Waals surface area contributed by atoms with Crippen LogP contribution in [0.4, 0.5) is 4.39 Å². The number of carbonyl (C=O) groups is 1. The number of hydrogen-bond acceptors (Lipinski definition) is 4. The minimum atomic E-state index is -0.278. The highest BCUT2D eigenvalue weighted by Crippen LogP contribution is 2.22. The van der Waals surface area contributed by atoms with Crippen LogP contribution in [0.1, 0.15) is 47.1 Å². The van der Waals surface area contributed by atoms with E-state index in [-0.39, 0.29) is 23.7 Å². The van der Waals surface area contributed by atoms with Gasteiger partial charge in [-0.05, 0) is 38.0 Å². The van der Waals surface area contributed by atoms with Crippen molar-refractivity contribution in [3.8, 4) is 0 Å². The number of nitrogens with one attached hydrogen (secondary N) is 1. The molecule has 0 aliphatic carbocycles. The standard InChI is InChI=1S/C18H22FN3O2/c1-11(2)20-17(23)18-21-15-10-22(7-6-16(15)24-18)9-13-4-5-14(19)12(3)8-13/h4-5,8,11H,6-7,9-10H2,1-3H3,(H,20,23). The highest BCUT2D eigenvalue weighted by atomic mass is 19.1. The summed E-state index contributed by atoms with van der Waals surface area (Å²) in [6, 6.07) is 5.22. The molecule has 128 valence electrons. The van der Waals surface area contributed by atoms with Gasteiger partial charge >= 0.3 is 5.91 Å². The van der Waals surface area contributed by atoms with Gasteiger partial charge in [0.25, 0.3) is 5.89 Å². The molecule has 0 spiro atoms. The molecular weight excluding hydrogens is 309 g/mol. The van der Waals surface area contributed by atoms with Crippen molar-refractivity contribution in [3.63, 3.8) is 0 Å². The predicted octanol–water partition coefficient (Wildman–Crippen LogP) is 2.82. The SMILES string of the molecule is Cc1cc(CN2CCc3oc(C(=O)NC(C)C)nc3C2)ccc1F. The number of rotatable bonds is 4. The van der Waals surface area contributed by atoms with Crippen LogP contribution in [0.5, 0.6) is 0 Å². The molecule has 1 aromatic carbocycles. The van der Waals surface area contributed by atoms with Crippen LogP contribution in [0.25, 0.3) is 0 Å². The van der Waals surface area contributed by atoms with E-state index in [1.165, 1.54) is 6.07 Å². The topological polar surface area (TPSA) is 58.4 Å². The smallest absolute Gasteiger partial charge is 0.307 e. The van der Waals surface area contributed by atoms with Crippen LogP contribution in [-0.2, 0) is 19.5 Å². The van der Waals surface area contributed by atoms with E-state index in [2.05, 4.69) is 15.2 Å². The molecule has 0 saturated heterocycles. The second-order valence-corrected chi connectivity index (χ2v) is 6.56. The van der Waals surface area contributed by atoms with Crippen molar-refractivity contribution in [2.75, 3.05) is 6.54 Å². The molecule has 1 N–H and O–H groups in total. The molecule has 2 aromatic rings. The zero-order valence-electron chi connectivity index (χ0n) is 14.2. The van der Waals surface area contributed by atoms with Gasteiger partial charge in [0, 0.05) is 32.1 Å². The third-order valence-corrected chi connectivity index (χ3v) is 4.05. The lowest BCUT2D eigenvalue weighted by molar-refractivity contribution is 0.0906. The minimum Gasteiger partial charge on any atom is -0.437 e. The van der Waals surface area contributed by atoms with Crippen LogP contribution in [-0.4, -0.2) is 28.4 Å². The highest BCUT2D eigenvalue weighted by Gasteiger charge is 2.25. The van der Waals surface area contributed by atoms with Crippen molar-refractivity contribution in [3.05, 3.63) is 52.5 Å². The number of fused-ring (bicyclic) bond motifs is 1. The molecule has 3 rings (SSSR count). The summed E-state index contributed by atoms with van der Waals surface area (Å²) >= 11 is 0. The maximum Gasteiger partial charge on any atom is 0.307 e. The van der Waals surface area contributed by atoms with Gasteiger partial charge < -0.3 is 9.73 Å². The monoisotopic (exact) mass is 331 g/mol. The first-order valence-corrected chi connectivity index (χ1v) is 8.19. The molecule has 1 aliphatic heterocycles. The van der Waals surface area contributed by atoms with E-state index in [4.69, 9.17) is 4.42 Å². The number of aromatic nitrogens is 1. The van der Waals surface area contributed by atoms with Crippen molar-refractivity contribution in [2.24, 2.45) is 0 Å². The van der Waals surface area contributed by atoms with Crippen molar-refractivity contribution >= 4 is 5.91 Å². The first-order valence-electron chi connectivity index (χ1n) is 8.19. The molecule has 0 radical (unpaired) electrons. The Balaban J connectivity index is 1.69. The lowest BCUT2D eigenvalue weighted by Crippen LogP contribution is -2.30. The van der Waals surface area contributed by atoms with Crippen LogP contribution in [0, 0.1) is 12.7 Å². The molecule has 24 heavy (non-hydrogen) atoms. The van der Waals surface area contributed by atoms with Crippen LogP contribution >= 0.6 is 0 Å². The molecule has 2 heterocycles. The molecule has 6 heteroatoms. The largest absolute Gasteiger partial charge is 0.437 e. The maximum absolute atomic E-state index is 13.4. The number of halogens is 1. The highest BCUT2D eigenvalue weighted by molar-refractivity contribution is 5.89. The van der Waals surface area contributed by atoms with E-state index in [1.54, 1.807) is 6.92 Å². The van der Waals surface area contributed by atoms with Crippen LogP contribution in [0.2, 0.25) is 0 Å². The summed E-state index contributed by atoms with van der Waals surface area (Å²) in [5.41, 5.74) is 2.53. The zero-order chi connectivity index (χ0) is 17.3. The maximum atomic E-state index is 13.4. The molecule has 1 aromatic heterocycles. The van der Waals surface area contributed by atoms with Gasteiger partial charge in [-0.1, -0.05) is 12.1 Å². The Morgan fingerprint density at radius 1 is 1.46 bits per heavy atom. The van der Waals surface area contributed by atoms with Crippen molar-refractivity contribution in [2.45, 2.75) is 46.3 Å². The first-order chi connectivity index (χ1) is 11.4. The van der Waals surface area contributed by atoms with Crippen molar-refractivity contribution in [1.82, 2.24) is 15.2 Å². The lowest BCUT2D eigenvalue weighted by Gasteiger charge is -2.25. The van der Waals surface area contributed by atoms with Crippen LogP contribution in [0.15, 0.2) is 22.6 Å². The van der Waals surface area contributed by atoms with Gasteiger partial charge in [-0.15, -0.1) is 0 Å². The Bertz CT molecular complexity index is 755. The van der Waals surface area contributed by atoms with Crippen molar-refractivity contribution < 1.29 is 13.6 Å². The molecule has 0 fully saturated rings. The number of oxazole rings is 1. The molecule has 1 aliphatic rings.